The molecule has 1 aromatic heterocycles. The molecule has 0 aliphatic heterocycles. The number of halogens is 2. The van der Waals surface area contributed by atoms with Crippen molar-refractivity contribution in [2.24, 2.45) is 0 Å². The predicted octanol–water partition coefficient (Wildman–Crippen LogP) is 3.61. The standard InChI is InChI=1S/C12H10BrClN2O2S/c1-8-10(14)3-2-4-11(8)19(17,18)16-9-5-6-12(13)15-7-9/h2-7,16H,1H3. The van der Waals surface area contributed by atoms with Crippen LogP contribution in [0.1, 0.15) is 5.56 Å². The van der Waals surface area contributed by atoms with Crippen molar-refractivity contribution in [1.29, 1.82) is 0 Å². The summed E-state index contributed by atoms with van der Waals surface area (Å²) in [5, 5.41) is 0.414. The van der Waals surface area contributed by atoms with Gasteiger partial charge in [-0.3, -0.25) is 4.72 Å². The number of nitrogens with one attached hydrogen (secondary N) is 1. The first-order valence-electron chi connectivity index (χ1n) is 5.29. The van der Waals surface area contributed by atoms with E-state index in [-0.39, 0.29) is 4.90 Å². The van der Waals surface area contributed by atoms with E-state index in [1.165, 1.54) is 12.3 Å². The molecule has 0 unspecified atom stereocenters. The molecule has 2 rings (SSSR count). The van der Waals surface area contributed by atoms with Crippen LogP contribution in [0, 0.1) is 6.92 Å². The van der Waals surface area contributed by atoms with Crippen LogP contribution < -0.4 is 4.72 Å². The summed E-state index contributed by atoms with van der Waals surface area (Å²) >= 11 is 9.12. The largest absolute Gasteiger partial charge is 0.278 e. The Hall–Kier alpha value is -1.11. The third kappa shape index (κ3) is 3.26. The zero-order valence-corrected chi connectivity index (χ0v) is 13.1. The van der Waals surface area contributed by atoms with Gasteiger partial charge in [0.15, 0.2) is 0 Å². The average Bonchev–Trinajstić information content (AvgIpc) is 2.35. The van der Waals surface area contributed by atoms with E-state index in [9.17, 15) is 8.42 Å². The molecule has 0 amide bonds. The van der Waals surface area contributed by atoms with Crippen molar-refractivity contribution in [2.75, 3.05) is 4.72 Å². The number of benzene rings is 1. The van der Waals surface area contributed by atoms with Crippen LogP contribution in [-0.2, 0) is 10.0 Å². The van der Waals surface area contributed by atoms with E-state index < -0.39 is 10.0 Å². The van der Waals surface area contributed by atoms with E-state index >= 15 is 0 Å². The Morgan fingerprint density at radius 2 is 2.00 bits per heavy atom. The fourth-order valence-electron chi connectivity index (χ4n) is 1.53. The lowest BCUT2D eigenvalue weighted by Crippen LogP contribution is -2.14. The second-order valence-corrected chi connectivity index (χ2v) is 6.71. The summed E-state index contributed by atoms with van der Waals surface area (Å²) in [6.45, 7) is 1.66. The van der Waals surface area contributed by atoms with E-state index in [1.54, 1.807) is 31.2 Å². The van der Waals surface area contributed by atoms with Gasteiger partial charge in [-0.15, -0.1) is 0 Å². The normalized spacial score (nSPS) is 11.3. The van der Waals surface area contributed by atoms with Crippen LogP contribution >= 0.6 is 27.5 Å². The second-order valence-electron chi connectivity index (χ2n) is 3.84. The molecular weight excluding hydrogens is 352 g/mol. The molecule has 0 aliphatic rings. The minimum Gasteiger partial charge on any atom is -0.278 e. The lowest BCUT2D eigenvalue weighted by atomic mass is 10.2. The first-order valence-corrected chi connectivity index (χ1v) is 7.95. The van der Waals surface area contributed by atoms with Crippen LogP contribution in [0.3, 0.4) is 0 Å². The highest BCUT2D eigenvalue weighted by molar-refractivity contribution is 9.10. The maximum Gasteiger partial charge on any atom is 0.262 e. The molecule has 2 aromatic rings. The van der Waals surface area contributed by atoms with Gasteiger partial charge < -0.3 is 0 Å². The van der Waals surface area contributed by atoms with Crippen LogP contribution in [0.15, 0.2) is 46.0 Å². The number of pyridine rings is 1. The fraction of sp³-hybridized carbons (Fsp3) is 0.0833. The van der Waals surface area contributed by atoms with Gasteiger partial charge in [-0.25, -0.2) is 13.4 Å². The van der Waals surface area contributed by atoms with Crippen LogP contribution in [0.5, 0.6) is 0 Å². The third-order valence-corrected chi connectivity index (χ3v) is 4.89. The molecular formula is C12H10BrClN2O2S. The van der Waals surface area contributed by atoms with Crippen LogP contribution in [0.25, 0.3) is 0 Å². The summed E-state index contributed by atoms with van der Waals surface area (Å²) in [5.41, 5.74) is 0.907. The Labute approximate surface area is 125 Å². The molecule has 1 aromatic carbocycles. The van der Waals surface area contributed by atoms with Crippen molar-refractivity contribution >= 4 is 43.2 Å². The molecule has 4 nitrogen and oxygen atoms in total. The highest BCUT2D eigenvalue weighted by atomic mass is 79.9. The molecule has 0 bridgehead atoms. The first-order chi connectivity index (χ1) is 8.90. The highest BCUT2D eigenvalue weighted by Gasteiger charge is 2.18. The smallest absolute Gasteiger partial charge is 0.262 e. The van der Waals surface area contributed by atoms with Gasteiger partial charge in [0.25, 0.3) is 10.0 Å². The van der Waals surface area contributed by atoms with Gasteiger partial charge in [0.2, 0.25) is 0 Å². The number of hydrogen-bond acceptors (Lipinski definition) is 3. The maximum atomic E-state index is 12.3. The topological polar surface area (TPSA) is 59.1 Å². The zero-order chi connectivity index (χ0) is 14.0. The van der Waals surface area contributed by atoms with E-state index in [1.807, 2.05) is 0 Å². The summed E-state index contributed by atoms with van der Waals surface area (Å²) in [4.78, 5) is 4.12. The summed E-state index contributed by atoms with van der Waals surface area (Å²) < 4.78 is 27.6. The van der Waals surface area contributed by atoms with Crippen molar-refractivity contribution < 1.29 is 8.42 Å². The summed E-state index contributed by atoms with van der Waals surface area (Å²) in [5.74, 6) is 0. The predicted molar refractivity (Wildman–Crippen MR) is 78.9 cm³/mol. The van der Waals surface area contributed by atoms with Crippen LogP contribution in [-0.4, -0.2) is 13.4 Å². The average molecular weight is 362 g/mol. The third-order valence-electron chi connectivity index (χ3n) is 2.49. The zero-order valence-electron chi connectivity index (χ0n) is 9.89. The Morgan fingerprint density at radius 3 is 2.63 bits per heavy atom. The molecule has 0 fully saturated rings. The highest BCUT2D eigenvalue weighted by Crippen LogP contribution is 2.24. The molecule has 100 valence electrons. The number of sulfonamides is 1. The van der Waals surface area contributed by atoms with E-state index in [0.29, 0.717) is 20.9 Å². The molecule has 0 atom stereocenters. The second kappa shape index (κ2) is 5.48. The number of aromatic nitrogens is 1. The van der Waals surface area contributed by atoms with Crippen LogP contribution in [0.2, 0.25) is 5.02 Å². The molecule has 0 radical (unpaired) electrons. The van der Waals surface area contributed by atoms with E-state index in [0.717, 1.165) is 0 Å². The van der Waals surface area contributed by atoms with Gasteiger partial charge in [0, 0.05) is 5.02 Å². The summed E-state index contributed by atoms with van der Waals surface area (Å²) in [6, 6.07) is 8.04. The molecule has 0 saturated carbocycles. The van der Waals surface area contributed by atoms with Crippen molar-refractivity contribution in [3.8, 4) is 0 Å². The molecule has 7 heteroatoms. The van der Waals surface area contributed by atoms with Crippen molar-refractivity contribution in [1.82, 2.24) is 4.98 Å². The number of rotatable bonds is 3. The Balaban J connectivity index is 2.38. The molecule has 1 heterocycles. The summed E-state index contributed by atoms with van der Waals surface area (Å²) in [7, 11) is -3.67. The van der Waals surface area contributed by atoms with Crippen LogP contribution in [0.4, 0.5) is 5.69 Å². The molecule has 0 aliphatic carbocycles. The van der Waals surface area contributed by atoms with Gasteiger partial charge in [-0.2, -0.15) is 0 Å². The quantitative estimate of drug-likeness (QED) is 0.850. The van der Waals surface area contributed by atoms with Gasteiger partial charge in [-0.05, 0) is 52.7 Å². The number of nitrogens with zero attached hydrogens (tertiary/aromatic N) is 1. The monoisotopic (exact) mass is 360 g/mol. The minimum atomic E-state index is -3.67. The SMILES string of the molecule is Cc1c(Cl)cccc1S(=O)(=O)Nc1ccc(Br)nc1. The maximum absolute atomic E-state index is 12.3. The minimum absolute atomic E-state index is 0.155. The number of anilines is 1. The number of hydrogen-bond donors (Lipinski definition) is 1. The molecule has 0 spiro atoms. The Kier molecular flexibility index (Phi) is 4.13. The Bertz CT molecular complexity index is 702. The first kappa shape index (κ1) is 14.3. The van der Waals surface area contributed by atoms with Crippen molar-refractivity contribution in [2.45, 2.75) is 11.8 Å². The van der Waals surface area contributed by atoms with Gasteiger partial charge in [-0.1, -0.05) is 17.7 Å². The fourth-order valence-corrected chi connectivity index (χ4v) is 3.30. The van der Waals surface area contributed by atoms with Gasteiger partial charge in [0.05, 0.1) is 16.8 Å². The van der Waals surface area contributed by atoms with E-state index in [4.69, 9.17) is 11.6 Å². The van der Waals surface area contributed by atoms with Crippen molar-refractivity contribution in [3.05, 3.63) is 51.7 Å². The summed E-state index contributed by atoms with van der Waals surface area (Å²) in [6.07, 6.45) is 1.43. The van der Waals surface area contributed by atoms with E-state index in [2.05, 4.69) is 25.6 Å². The Morgan fingerprint density at radius 1 is 1.26 bits per heavy atom. The molecule has 0 saturated heterocycles. The van der Waals surface area contributed by atoms with Gasteiger partial charge >= 0.3 is 0 Å². The lowest BCUT2D eigenvalue weighted by molar-refractivity contribution is 0.600. The lowest BCUT2D eigenvalue weighted by Gasteiger charge is -2.10. The molecule has 1 N–H and O–H groups in total. The van der Waals surface area contributed by atoms with Crippen molar-refractivity contribution in [3.63, 3.8) is 0 Å². The van der Waals surface area contributed by atoms with Gasteiger partial charge in [0.1, 0.15) is 4.60 Å². The molecule has 19 heavy (non-hydrogen) atoms.